The summed E-state index contributed by atoms with van der Waals surface area (Å²) in [7, 11) is 0. The van der Waals surface area contributed by atoms with Gasteiger partial charge in [0.05, 0.1) is 0 Å². The number of pyridine rings is 1. The molecule has 0 N–H and O–H groups in total. The third-order valence-corrected chi connectivity index (χ3v) is 2.78. The normalized spacial score (nSPS) is 17.2. The van der Waals surface area contributed by atoms with Crippen molar-refractivity contribution in [1.29, 1.82) is 0 Å². The number of aromatic nitrogens is 1. The molecule has 0 saturated carbocycles. The van der Waals surface area contributed by atoms with E-state index in [-0.39, 0.29) is 5.91 Å². The smallest absolute Gasteiger partial charge is 0.272 e. The molecule has 0 atom stereocenters. The highest BCUT2D eigenvalue weighted by Gasteiger charge is 2.17. The Hall–Kier alpha value is -1.38. The van der Waals surface area contributed by atoms with Crippen LogP contribution in [0.25, 0.3) is 0 Å². The number of carbonyl (C=O) groups excluding carboxylic acids is 1. The fourth-order valence-electron chi connectivity index (χ4n) is 1.93. The summed E-state index contributed by atoms with van der Waals surface area (Å²) in [5.41, 5.74) is 0.569. The summed E-state index contributed by atoms with van der Waals surface area (Å²) in [6.45, 7) is 1.77. The van der Waals surface area contributed by atoms with E-state index < -0.39 is 0 Å². The summed E-state index contributed by atoms with van der Waals surface area (Å²) in [4.78, 5) is 18.0. The number of carbonyl (C=O) groups is 1. The van der Waals surface area contributed by atoms with Crippen LogP contribution in [0.2, 0.25) is 0 Å². The monoisotopic (exact) mass is 204 g/mol. The summed E-state index contributed by atoms with van der Waals surface area (Å²) >= 11 is 0. The van der Waals surface area contributed by atoms with Gasteiger partial charge in [-0.3, -0.25) is 9.78 Å². The molecular weight excluding hydrogens is 188 g/mol. The van der Waals surface area contributed by atoms with Crippen LogP contribution >= 0.6 is 0 Å². The van der Waals surface area contributed by atoms with E-state index in [4.69, 9.17) is 0 Å². The second-order valence-electron chi connectivity index (χ2n) is 3.92. The van der Waals surface area contributed by atoms with Crippen molar-refractivity contribution >= 4 is 5.91 Å². The summed E-state index contributed by atoms with van der Waals surface area (Å²) < 4.78 is 0. The topological polar surface area (TPSA) is 33.2 Å². The third kappa shape index (κ3) is 2.55. The van der Waals surface area contributed by atoms with Crippen molar-refractivity contribution in [3.05, 3.63) is 30.1 Å². The first-order valence-corrected chi connectivity index (χ1v) is 5.58. The minimum absolute atomic E-state index is 0.0810. The molecule has 1 aromatic rings. The van der Waals surface area contributed by atoms with E-state index in [1.807, 2.05) is 17.0 Å². The fourth-order valence-corrected chi connectivity index (χ4v) is 1.93. The van der Waals surface area contributed by atoms with Crippen LogP contribution in [0.3, 0.4) is 0 Å². The standard InChI is InChI=1S/C12H16N2O/c15-12(11-7-3-4-8-13-11)14-9-5-1-2-6-10-14/h3-4,7-8H,1-2,5-6,9-10H2. The molecule has 1 amide bonds. The maximum absolute atomic E-state index is 12.0. The maximum Gasteiger partial charge on any atom is 0.272 e. The van der Waals surface area contributed by atoms with Crippen molar-refractivity contribution in [3.8, 4) is 0 Å². The molecule has 3 nitrogen and oxygen atoms in total. The molecule has 1 aliphatic heterocycles. The van der Waals surface area contributed by atoms with Gasteiger partial charge in [0.1, 0.15) is 5.69 Å². The average Bonchev–Trinajstić information content (AvgIpc) is 2.58. The number of hydrogen-bond donors (Lipinski definition) is 0. The van der Waals surface area contributed by atoms with Gasteiger partial charge in [-0.05, 0) is 25.0 Å². The molecule has 1 aromatic heterocycles. The van der Waals surface area contributed by atoms with Gasteiger partial charge in [-0.1, -0.05) is 18.9 Å². The highest BCUT2D eigenvalue weighted by atomic mass is 16.2. The first-order valence-electron chi connectivity index (χ1n) is 5.58. The predicted molar refractivity (Wildman–Crippen MR) is 58.6 cm³/mol. The Bertz CT molecular complexity index is 316. The predicted octanol–water partition coefficient (Wildman–Crippen LogP) is 2.10. The fraction of sp³-hybridized carbons (Fsp3) is 0.500. The first-order chi connectivity index (χ1) is 7.38. The summed E-state index contributed by atoms with van der Waals surface area (Å²) in [5.74, 6) is 0.0810. The van der Waals surface area contributed by atoms with Crippen molar-refractivity contribution < 1.29 is 4.79 Å². The largest absolute Gasteiger partial charge is 0.337 e. The molecule has 0 unspecified atom stereocenters. The van der Waals surface area contributed by atoms with Crippen LogP contribution in [-0.2, 0) is 0 Å². The van der Waals surface area contributed by atoms with Crippen LogP contribution < -0.4 is 0 Å². The van der Waals surface area contributed by atoms with E-state index in [1.54, 1.807) is 12.3 Å². The Kier molecular flexibility index (Phi) is 3.33. The molecule has 1 fully saturated rings. The molecule has 0 aromatic carbocycles. The Labute approximate surface area is 90.1 Å². The van der Waals surface area contributed by atoms with Gasteiger partial charge in [0.15, 0.2) is 0 Å². The number of likely N-dealkylation sites (tertiary alicyclic amines) is 1. The molecule has 15 heavy (non-hydrogen) atoms. The number of nitrogens with zero attached hydrogens (tertiary/aromatic N) is 2. The minimum Gasteiger partial charge on any atom is -0.337 e. The first kappa shape index (κ1) is 10.1. The van der Waals surface area contributed by atoms with Crippen molar-refractivity contribution in [2.24, 2.45) is 0 Å². The van der Waals surface area contributed by atoms with Crippen molar-refractivity contribution in [2.45, 2.75) is 25.7 Å². The lowest BCUT2D eigenvalue weighted by Crippen LogP contribution is -2.32. The zero-order valence-corrected chi connectivity index (χ0v) is 8.85. The Morgan fingerprint density at radius 3 is 2.47 bits per heavy atom. The molecule has 0 bridgehead atoms. The minimum atomic E-state index is 0.0810. The van der Waals surface area contributed by atoms with Crippen LogP contribution in [0, 0.1) is 0 Å². The van der Waals surface area contributed by atoms with E-state index in [9.17, 15) is 4.79 Å². The summed E-state index contributed by atoms with van der Waals surface area (Å²) in [6, 6.07) is 5.48. The quantitative estimate of drug-likeness (QED) is 0.701. The van der Waals surface area contributed by atoms with Crippen molar-refractivity contribution in [3.63, 3.8) is 0 Å². The molecular formula is C12H16N2O. The lowest BCUT2D eigenvalue weighted by atomic mass is 10.2. The Morgan fingerprint density at radius 1 is 1.13 bits per heavy atom. The van der Waals surface area contributed by atoms with Crippen molar-refractivity contribution in [1.82, 2.24) is 9.88 Å². The third-order valence-electron chi connectivity index (χ3n) is 2.78. The summed E-state index contributed by atoms with van der Waals surface area (Å²) in [5, 5.41) is 0. The van der Waals surface area contributed by atoms with Crippen LogP contribution in [-0.4, -0.2) is 28.9 Å². The van der Waals surface area contributed by atoms with Gasteiger partial charge in [0.2, 0.25) is 0 Å². The molecule has 1 saturated heterocycles. The lowest BCUT2D eigenvalue weighted by molar-refractivity contribution is 0.0756. The Balaban J connectivity index is 2.06. The Morgan fingerprint density at radius 2 is 1.87 bits per heavy atom. The second kappa shape index (κ2) is 4.91. The second-order valence-corrected chi connectivity index (χ2v) is 3.92. The molecule has 1 aliphatic rings. The molecule has 3 heteroatoms. The average molecular weight is 204 g/mol. The highest BCUT2D eigenvalue weighted by molar-refractivity contribution is 5.92. The van der Waals surface area contributed by atoms with Gasteiger partial charge in [0, 0.05) is 19.3 Å². The van der Waals surface area contributed by atoms with Gasteiger partial charge >= 0.3 is 0 Å². The highest BCUT2D eigenvalue weighted by Crippen LogP contribution is 2.11. The molecule has 80 valence electrons. The molecule has 0 radical (unpaired) electrons. The van der Waals surface area contributed by atoms with E-state index in [1.165, 1.54) is 12.8 Å². The van der Waals surface area contributed by atoms with Crippen molar-refractivity contribution in [2.75, 3.05) is 13.1 Å². The van der Waals surface area contributed by atoms with E-state index >= 15 is 0 Å². The van der Waals surface area contributed by atoms with Crippen LogP contribution in [0.1, 0.15) is 36.2 Å². The molecule has 2 rings (SSSR count). The molecule has 0 aliphatic carbocycles. The van der Waals surface area contributed by atoms with Gasteiger partial charge in [-0.25, -0.2) is 0 Å². The van der Waals surface area contributed by atoms with E-state index in [0.29, 0.717) is 5.69 Å². The SMILES string of the molecule is O=C(c1ccccn1)N1CCCCCC1. The van der Waals surface area contributed by atoms with Crippen LogP contribution in [0.4, 0.5) is 0 Å². The van der Waals surface area contributed by atoms with E-state index in [0.717, 1.165) is 25.9 Å². The summed E-state index contributed by atoms with van der Waals surface area (Å²) in [6.07, 6.45) is 6.40. The van der Waals surface area contributed by atoms with Gasteiger partial charge < -0.3 is 4.90 Å². The van der Waals surface area contributed by atoms with Gasteiger partial charge in [-0.15, -0.1) is 0 Å². The molecule has 2 heterocycles. The maximum atomic E-state index is 12.0. The number of hydrogen-bond acceptors (Lipinski definition) is 2. The van der Waals surface area contributed by atoms with Crippen LogP contribution in [0.5, 0.6) is 0 Å². The van der Waals surface area contributed by atoms with Crippen LogP contribution in [0.15, 0.2) is 24.4 Å². The van der Waals surface area contributed by atoms with E-state index in [2.05, 4.69) is 4.98 Å². The lowest BCUT2D eigenvalue weighted by Gasteiger charge is -2.19. The zero-order chi connectivity index (χ0) is 10.5. The number of amides is 1. The van der Waals surface area contributed by atoms with Gasteiger partial charge in [0.25, 0.3) is 5.91 Å². The number of rotatable bonds is 1. The van der Waals surface area contributed by atoms with Gasteiger partial charge in [-0.2, -0.15) is 0 Å². The molecule has 0 spiro atoms. The zero-order valence-electron chi connectivity index (χ0n) is 8.85.